The van der Waals surface area contributed by atoms with Crippen LogP contribution in [-0.2, 0) is 4.74 Å². The third-order valence-electron chi connectivity index (χ3n) is 6.17. The van der Waals surface area contributed by atoms with E-state index < -0.39 is 18.0 Å². The molecule has 1 aliphatic heterocycles. The van der Waals surface area contributed by atoms with E-state index in [1.165, 1.54) is 46.9 Å². The fraction of sp³-hybridized carbons (Fsp3) is 0.375. The van der Waals surface area contributed by atoms with Gasteiger partial charge in [0.25, 0.3) is 0 Å². The second-order valence-corrected chi connectivity index (χ2v) is 8.72. The van der Waals surface area contributed by atoms with E-state index in [-0.39, 0.29) is 55.3 Å². The molecule has 1 fully saturated rings. The lowest BCUT2D eigenvalue weighted by Gasteiger charge is -2.30. The third-order valence-corrected chi connectivity index (χ3v) is 6.17. The highest BCUT2D eigenvalue weighted by molar-refractivity contribution is 5.86. The zero-order valence-electron chi connectivity index (χ0n) is 19.8. The normalized spacial score (nSPS) is 17.3. The van der Waals surface area contributed by atoms with Crippen LogP contribution < -0.4 is 10.5 Å². The Labute approximate surface area is 215 Å². The molecule has 2 atom stereocenters. The molecule has 198 valence electrons. The first kappa shape index (κ1) is 27.0. The molecule has 0 radical (unpaired) electrons. The van der Waals surface area contributed by atoms with Crippen LogP contribution in [0.3, 0.4) is 0 Å². The van der Waals surface area contributed by atoms with Crippen molar-refractivity contribution in [1.29, 1.82) is 0 Å². The highest BCUT2D eigenvalue weighted by atomic mass is 35.5. The van der Waals surface area contributed by atoms with Crippen LogP contribution in [-0.4, -0.2) is 70.1 Å². The first-order chi connectivity index (χ1) is 17.2. The van der Waals surface area contributed by atoms with Crippen LogP contribution in [0.5, 0.6) is 5.75 Å². The lowest BCUT2D eigenvalue weighted by molar-refractivity contribution is -0.183. The molecule has 1 aliphatic rings. The first-order valence-electron chi connectivity index (χ1n) is 11.4. The molecule has 0 bridgehead atoms. The number of nitrogens with zero attached hydrogens (tertiary/aromatic N) is 5. The number of rotatable bonds is 7. The van der Waals surface area contributed by atoms with Crippen molar-refractivity contribution in [2.75, 3.05) is 33.4 Å². The number of halogens is 5. The molecule has 5 rings (SSSR count). The standard InChI is InChI=1S/C24H24F4N6O2.ClH/c1-35-8-9-36-19-11-16(25)10-14-2-4-18(30-21(14)19)23-32-31-20-5-3-15(12-34(20)23)22(24(26,27)28)33-7-6-17(29)13-33;/h2-5,10-12,17,22H,6-9,13,29H2,1H3;1H/t17?,22-;/m1./s1. The SMILES string of the molecule is COCCOc1cc(F)cc2ccc(-c3nnc4ccc([C@@H](N5CCC(N)C5)C(F)(F)F)cn34)nc12.Cl. The van der Waals surface area contributed by atoms with E-state index in [9.17, 15) is 17.6 Å². The first-order valence-corrected chi connectivity index (χ1v) is 11.4. The Bertz CT molecular complexity index is 1400. The molecule has 37 heavy (non-hydrogen) atoms. The van der Waals surface area contributed by atoms with Crippen molar-refractivity contribution in [2.45, 2.75) is 24.7 Å². The molecule has 0 aliphatic carbocycles. The molecule has 4 aromatic rings. The maximum atomic E-state index is 14.1. The third kappa shape index (κ3) is 5.47. The molecule has 1 aromatic carbocycles. The van der Waals surface area contributed by atoms with Crippen LogP contribution in [0, 0.1) is 5.82 Å². The molecule has 2 N–H and O–H groups in total. The van der Waals surface area contributed by atoms with Gasteiger partial charge in [-0.15, -0.1) is 22.6 Å². The van der Waals surface area contributed by atoms with Crippen molar-refractivity contribution in [1.82, 2.24) is 24.5 Å². The average molecular weight is 541 g/mol. The Balaban J connectivity index is 0.00000320. The van der Waals surface area contributed by atoms with Gasteiger partial charge in [0.1, 0.15) is 35.4 Å². The number of alkyl halides is 3. The maximum absolute atomic E-state index is 14.1. The lowest BCUT2D eigenvalue weighted by atomic mass is 10.1. The summed E-state index contributed by atoms with van der Waals surface area (Å²) < 4.78 is 68.6. The van der Waals surface area contributed by atoms with Crippen LogP contribution in [0.2, 0.25) is 0 Å². The van der Waals surface area contributed by atoms with Gasteiger partial charge in [-0.05, 0) is 30.2 Å². The van der Waals surface area contributed by atoms with Crippen molar-refractivity contribution >= 4 is 29.0 Å². The van der Waals surface area contributed by atoms with Gasteiger partial charge in [0.05, 0.1) is 6.61 Å². The highest BCUT2D eigenvalue weighted by Gasteiger charge is 2.46. The molecule has 1 saturated heterocycles. The molecule has 0 spiro atoms. The maximum Gasteiger partial charge on any atom is 0.408 e. The number of hydrogen-bond acceptors (Lipinski definition) is 7. The number of ether oxygens (including phenoxy) is 2. The van der Waals surface area contributed by atoms with Gasteiger partial charge in [0.2, 0.25) is 0 Å². The molecule has 0 amide bonds. The summed E-state index contributed by atoms with van der Waals surface area (Å²) in [7, 11) is 1.52. The van der Waals surface area contributed by atoms with E-state index in [1.807, 2.05) is 0 Å². The molecule has 4 heterocycles. The van der Waals surface area contributed by atoms with E-state index in [0.717, 1.165) is 0 Å². The summed E-state index contributed by atoms with van der Waals surface area (Å²) >= 11 is 0. The van der Waals surface area contributed by atoms with E-state index >= 15 is 0 Å². The Morgan fingerprint density at radius 3 is 2.65 bits per heavy atom. The van der Waals surface area contributed by atoms with Crippen LogP contribution in [0.15, 0.2) is 42.6 Å². The molecule has 8 nitrogen and oxygen atoms in total. The largest absolute Gasteiger partial charge is 0.489 e. The Morgan fingerprint density at radius 2 is 1.95 bits per heavy atom. The second kappa shape index (κ2) is 10.7. The van der Waals surface area contributed by atoms with Gasteiger partial charge in [-0.25, -0.2) is 9.37 Å². The smallest absolute Gasteiger partial charge is 0.408 e. The minimum atomic E-state index is -4.49. The summed E-state index contributed by atoms with van der Waals surface area (Å²) in [5, 5.41) is 8.77. The van der Waals surface area contributed by atoms with Crippen molar-refractivity contribution in [3.8, 4) is 17.3 Å². The summed E-state index contributed by atoms with van der Waals surface area (Å²) in [5.74, 6) is -0.0114. The number of hydrogen-bond donors (Lipinski definition) is 1. The van der Waals surface area contributed by atoms with Gasteiger partial charge in [-0.3, -0.25) is 9.30 Å². The van der Waals surface area contributed by atoms with Crippen LogP contribution >= 0.6 is 12.4 Å². The summed E-state index contributed by atoms with van der Waals surface area (Å²) in [6.45, 7) is 0.910. The predicted octanol–water partition coefficient (Wildman–Crippen LogP) is 4.17. The van der Waals surface area contributed by atoms with Crippen LogP contribution in [0.4, 0.5) is 17.6 Å². The van der Waals surface area contributed by atoms with Crippen molar-refractivity contribution < 1.29 is 27.0 Å². The lowest BCUT2D eigenvalue weighted by Crippen LogP contribution is -2.38. The topological polar surface area (TPSA) is 90.8 Å². The van der Waals surface area contributed by atoms with Gasteiger partial charge >= 0.3 is 6.18 Å². The molecular formula is C24H25ClF4N6O2. The van der Waals surface area contributed by atoms with Gasteiger partial charge < -0.3 is 15.2 Å². The summed E-state index contributed by atoms with van der Waals surface area (Å²) in [5.41, 5.74) is 7.03. The van der Waals surface area contributed by atoms with Gasteiger partial charge in [0, 0.05) is 43.9 Å². The second-order valence-electron chi connectivity index (χ2n) is 8.72. The number of nitrogens with two attached hydrogens (primary N) is 1. The Hall–Kier alpha value is -3.06. The zero-order valence-corrected chi connectivity index (χ0v) is 20.6. The average Bonchev–Trinajstić information content (AvgIpc) is 3.44. The Kier molecular flexibility index (Phi) is 7.83. The fourth-order valence-electron chi connectivity index (χ4n) is 4.54. The summed E-state index contributed by atoms with van der Waals surface area (Å²) in [6, 6.07) is 6.62. The number of likely N-dealkylation sites (tertiary alicyclic amines) is 1. The minimum absolute atomic E-state index is 0. The van der Waals surface area contributed by atoms with E-state index in [0.29, 0.717) is 35.3 Å². The zero-order chi connectivity index (χ0) is 25.4. The quantitative estimate of drug-likeness (QED) is 0.278. The minimum Gasteiger partial charge on any atom is -0.489 e. The molecule has 0 saturated carbocycles. The summed E-state index contributed by atoms with van der Waals surface area (Å²) in [4.78, 5) is 5.94. The van der Waals surface area contributed by atoms with Crippen molar-refractivity contribution in [3.63, 3.8) is 0 Å². The molecule has 13 heteroatoms. The Morgan fingerprint density at radius 1 is 1.14 bits per heavy atom. The predicted molar refractivity (Wildman–Crippen MR) is 131 cm³/mol. The van der Waals surface area contributed by atoms with Gasteiger partial charge in [-0.2, -0.15) is 13.2 Å². The van der Waals surface area contributed by atoms with Crippen LogP contribution in [0.1, 0.15) is 18.0 Å². The molecule has 1 unspecified atom stereocenters. The van der Waals surface area contributed by atoms with E-state index in [1.54, 1.807) is 12.1 Å². The van der Waals surface area contributed by atoms with E-state index in [2.05, 4.69) is 15.2 Å². The molecule has 3 aromatic heterocycles. The fourth-order valence-corrected chi connectivity index (χ4v) is 4.54. The van der Waals surface area contributed by atoms with Gasteiger partial charge in [0.15, 0.2) is 11.5 Å². The van der Waals surface area contributed by atoms with Crippen molar-refractivity contribution in [3.05, 3.63) is 54.0 Å². The van der Waals surface area contributed by atoms with Gasteiger partial charge in [-0.1, -0.05) is 12.1 Å². The van der Waals surface area contributed by atoms with Crippen LogP contribution in [0.25, 0.3) is 28.1 Å². The summed E-state index contributed by atoms with van der Waals surface area (Å²) in [6.07, 6.45) is -2.60. The monoisotopic (exact) mass is 540 g/mol. The molecular weight excluding hydrogens is 516 g/mol. The highest BCUT2D eigenvalue weighted by Crippen LogP contribution is 2.39. The number of methoxy groups -OCH3 is 1. The number of pyridine rings is 2. The number of aromatic nitrogens is 4. The van der Waals surface area contributed by atoms with E-state index in [4.69, 9.17) is 15.2 Å². The number of benzene rings is 1. The van der Waals surface area contributed by atoms with Crippen molar-refractivity contribution in [2.24, 2.45) is 5.73 Å². The number of fused-ring (bicyclic) bond motifs is 2.